The van der Waals surface area contributed by atoms with Gasteiger partial charge in [0.15, 0.2) is 5.70 Å². The van der Waals surface area contributed by atoms with Crippen molar-refractivity contribution in [2.45, 2.75) is 0 Å². The first kappa shape index (κ1) is 11.5. The molecule has 19 heavy (non-hydrogen) atoms. The van der Waals surface area contributed by atoms with Gasteiger partial charge in [-0.25, -0.2) is 4.39 Å². The number of fused-ring (bicyclic) bond motifs is 1. The summed E-state index contributed by atoms with van der Waals surface area (Å²) in [5.41, 5.74) is 1.56. The smallest absolute Gasteiger partial charge is 0.434 e. The summed E-state index contributed by atoms with van der Waals surface area (Å²) in [5, 5.41) is 9.38. The molecule has 0 radical (unpaired) electrons. The third-order valence-electron chi connectivity index (χ3n) is 3.03. The van der Waals surface area contributed by atoms with Crippen LogP contribution in [-0.4, -0.2) is 28.2 Å². The van der Waals surface area contributed by atoms with Gasteiger partial charge in [0.2, 0.25) is 6.34 Å². The average Bonchev–Trinajstić information content (AvgIpc) is 2.81. The lowest BCUT2D eigenvalue weighted by Gasteiger charge is -2.21. The van der Waals surface area contributed by atoms with Crippen LogP contribution in [0.15, 0.2) is 52.3 Å². The topological polar surface area (TPSA) is 62.0 Å². The van der Waals surface area contributed by atoms with E-state index in [1.54, 1.807) is 12.1 Å². The molecule has 1 aromatic rings. The van der Waals surface area contributed by atoms with E-state index in [1.165, 1.54) is 37.1 Å². The average molecular weight is 258 g/mol. The number of amides is 1. The maximum absolute atomic E-state index is 12.9. The number of hydrogen-bond donors (Lipinski definition) is 1. The van der Waals surface area contributed by atoms with Crippen molar-refractivity contribution >= 4 is 24.3 Å². The predicted molar refractivity (Wildman–Crippen MR) is 67.7 cm³/mol. The summed E-state index contributed by atoms with van der Waals surface area (Å²) in [5.74, 6) is -0.354. The number of allylic oxidation sites excluding steroid dienone is 1. The van der Waals surface area contributed by atoms with Gasteiger partial charge in [-0.3, -0.25) is 4.99 Å². The summed E-state index contributed by atoms with van der Waals surface area (Å²) in [6.45, 7) is 0. The largest absolute Gasteiger partial charge is 0.529 e. The number of halogens is 1. The Bertz CT molecular complexity index is 674. The Morgan fingerprint density at radius 3 is 2.68 bits per heavy atom. The van der Waals surface area contributed by atoms with Crippen molar-refractivity contribution in [1.82, 2.24) is 0 Å². The van der Waals surface area contributed by atoms with Gasteiger partial charge in [-0.1, -0.05) is 0 Å². The SMILES string of the molecule is O=C(O)[N+]12C=CN=CC1=C(c1ccc(F)cc1)N=C2. The number of carboxylic acid groups (broad SMARTS) is 1. The molecular formula is C13H9FN3O2+. The molecule has 1 aromatic carbocycles. The second-order valence-electron chi connectivity index (χ2n) is 4.12. The second kappa shape index (κ2) is 3.96. The van der Waals surface area contributed by atoms with Gasteiger partial charge in [0.1, 0.15) is 17.7 Å². The van der Waals surface area contributed by atoms with E-state index in [9.17, 15) is 14.3 Å². The van der Waals surface area contributed by atoms with Gasteiger partial charge in [0, 0.05) is 5.56 Å². The Morgan fingerprint density at radius 1 is 1.26 bits per heavy atom. The quantitative estimate of drug-likeness (QED) is 0.787. The molecule has 0 aliphatic carbocycles. The summed E-state index contributed by atoms with van der Waals surface area (Å²) in [7, 11) is 0. The lowest BCUT2D eigenvalue weighted by atomic mass is 10.1. The molecule has 3 rings (SSSR count). The van der Waals surface area contributed by atoms with Crippen LogP contribution in [0.25, 0.3) is 5.70 Å². The molecule has 94 valence electrons. The molecule has 2 aliphatic heterocycles. The lowest BCUT2D eigenvalue weighted by molar-refractivity contribution is -0.648. The molecule has 0 aromatic heterocycles. The monoisotopic (exact) mass is 258 g/mol. The summed E-state index contributed by atoms with van der Waals surface area (Å²) in [4.78, 5) is 19.6. The molecule has 1 unspecified atom stereocenters. The number of benzene rings is 1. The van der Waals surface area contributed by atoms with Crippen LogP contribution in [0.2, 0.25) is 0 Å². The number of quaternary nitrogens is 1. The maximum Gasteiger partial charge on any atom is 0.529 e. The molecule has 0 bridgehead atoms. The van der Waals surface area contributed by atoms with Crippen LogP contribution < -0.4 is 0 Å². The minimum Gasteiger partial charge on any atom is -0.434 e. The molecule has 1 atom stereocenters. The summed E-state index contributed by atoms with van der Waals surface area (Å²) >= 11 is 0. The summed E-state index contributed by atoms with van der Waals surface area (Å²) in [6, 6.07) is 5.73. The third kappa shape index (κ3) is 1.61. The fourth-order valence-corrected chi connectivity index (χ4v) is 2.03. The second-order valence-corrected chi connectivity index (χ2v) is 4.12. The zero-order valence-corrected chi connectivity index (χ0v) is 9.69. The van der Waals surface area contributed by atoms with E-state index in [0.717, 1.165) is 0 Å². The fourth-order valence-electron chi connectivity index (χ4n) is 2.03. The highest BCUT2D eigenvalue weighted by molar-refractivity contribution is 5.98. The van der Waals surface area contributed by atoms with Crippen molar-refractivity contribution in [2.24, 2.45) is 9.98 Å². The minimum absolute atomic E-state index is 0.354. The van der Waals surface area contributed by atoms with Crippen molar-refractivity contribution in [1.29, 1.82) is 0 Å². The van der Waals surface area contributed by atoms with E-state index in [0.29, 0.717) is 17.0 Å². The van der Waals surface area contributed by atoms with Gasteiger partial charge in [-0.2, -0.15) is 9.79 Å². The molecule has 0 fully saturated rings. The summed E-state index contributed by atoms with van der Waals surface area (Å²) in [6.07, 6.45) is 4.55. The standard InChI is InChI=1S/C13H8FN3O2/c14-10-3-1-9(2-4-10)12-11-7-15-5-6-17(11,8-16-12)13(18)19/h1-8H/p+1. The first-order valence-corrected chi connectivity index (χ1v) is 5.52. The molecule has 2 heterocycles. The van der Waals surface area contributed by atoms with Crippen LogP contribution >= 0.6 is 0 Å². The molecule has 2 aliphatic rings. The lowest BCUT2D eigenvalue weighted by Crippen LogP contribution is -2.44. The number of carbonyl (C=O) groups is 1. The first-order chi connectivity index (χ1) is 9.13. The van der Waals surface area contributed by atoms with Gasteiger partial charge in [-0.15, -0.1) is 4.48 Å². The van der Waals surface area contributed by atoms with Gasteiger partial charge >= 0.3 is 6.09 Å². The highest BCUT2D eigenvalue weighted by Gasteiger charge is 2.45. The Balaban J connectivity index is 2.17. The van der Waals surface area contributed by atoms with Crippen LogP contribution in [0, 0.1) is 5.82 Å². The molecule has 1 N–H and O–H groups in total. The van der Waals surface area contributed by atoms with E-state index in [2.05, 4.69) is 9.98 Å². The van der Waals surface area contributed by atoms with Crippen LogP contribution in [-0.2, 0) is 0 Å². The van der Waals surface area contributed by atoms with Gasteiger partial charge in [-0.05, 0) is 24.3 Å². The zero-order chi connectivity index (χ0) is 13.5. The highest BCUT2D eigenvalue weighted by Crippen LogP contribution is 2.33. The van der Waals surface area contributed by atoms with Crippen molar-refractivity contribution in [3.05, 3.63) is 53.7 Å². The van der Waals surface area contributed by atoms with Gasteiger partial charge in [0.25, 0.3) is 0 Å². The number of rotatable bonds is 1. The van der Waals surface area contributed by atoms with Crippen LogP contribution in [0.1, 0.15) is 5.56 Å². The molecular weight excluding hydrogens is 249 g/mol. The molecule has 5 nitrogen and oxygen atoms in total. The minimum atomic E-state index is -1.07. The maximum atomic E-state index is 12.9. The fraction of sp³-hybridized carbons (Fsp3) is 0. The predicted octanol–water partition coefficient (Wildman–Crippen LogP) is 2.59. The van der Waals surface area contributed by atoms with Gasteiger partial charge < -0.3 is 5.11 Å². The van der Waals surface area contributed by atoms with Crippen molar-refractivity contribution in [2.75, 3.05) is 0 Å². The Morgan fingerprint density at radius 2 is 2.00 bits per heavy atom. The Hall–Kier alpha value is -2.60. The molecule has 1 amide bonds. The number of aliphatic imine (C=N–C) groups is 2. The highest BCUT2D eigenvalue weighted by atomic mass is 19.1. The molecule has 0 spiro atoms. The van der Waals surface area contributed by atoms with Crippen molar-refractivity contribution in [3.8, 4) is 0 Å². The Kier molecular flexibility index (Phi) is 2.39. The van der Waals surface area contributed by atoms with Crippen molar-refractivity contribution in [3.63, 3.8) is 0 Å². The van der Waals surface area contributed by atoms with Crippen molar-refractivity contribution < 1.29 is 18.8 Å². The zero-order valence-electron chi connectivity index (χ0n) is 9.69. The Labute approximate surface area is 107 Å². The van der Waals surface area contributed by atoms with E-state index < -0.39 is 10.6 Å². The molecule has 0 saturated carbocycles. The van der Waals surface area contributed by atoms with E-state index >= 15 is 0 Å². The number of nitrogens with zero attached hydrogens (tertiary/aromatic N) is 3. The number of hydrogen-bond acceptors (Lipinski definition) is 3. The van der Waals surface area contributed by atoms with E-state index in [4.69, 9.17) is 0 Å². The first-order valence-electron chi connectivity index (χ1n) is 5.52. The van der Waals surface area contributed by atoms with Gasteiger partial charge in [0.05, 0.1) is 12.4 Å². The van der Waals surface area contributed by atoms with E-state index in [1.807, 2.05) is 0 Å². The normalized spacial score (nSPS) is 23.8. The van der Waals surface area contributed by atoms with Crippen LogP contribution in [0.3, 0.4) is 0 Å². The van der Waals surface area contributed by atoms with Crippen LogP contribution in [0.5, 0.6) is 0 Å². The summed E-state index contributed by atoms with van der Waals surface area (Å²) < 4.78 is 12.4. The molecule has 0 saturated heterocycles. The molecule has 6 heteroatoms. The van der Waals surface area contributed by atoms with E-state index in [-0.39, 0.29) is 5.82 Å². The third-order valence-corrected chi connectivity index (χ3v) is 3.03. The van der Waals surface area contributed by atoms with Crippen LogP contribution in [0.4, 0.5) is 9.18 Å².